The molecule has 76 valence electrons. The summed E-state index contributed by atoms with van der Waals surface area (Å²) in [5.41, 5.74) is 0. The summed E-state index contributed by atoms with van der Waals surface area (Å²) in [6.45, 7) is 7.06. The van der Waals surface area contributed by atoms with Gasteiger partial charge in [-0.1, -0.05) is 0 Å². The van der Waals surface area contributed by atoms with Crippen molar-refractivity contribution in [2.75, 3.05) is 26.8 Å². The Bertz CT molecular complexity index is 151. The van der Waals surface area contributed by atoms with Crippen molar-refractivity contribution < 1.29 is 4.74 Å². The molecule has 0 aromatic carbocycles. The quantitative estimate of drug-likeness (QED) is 0.564. The van der Waals surface area contributed by atoms with Gasteiger partial charge in [-0.05, 0) is 26.8 Å². The van der Waals surface area contributed by atoms with Crippen molar-refractivity contribution >= 4 is 0 Å². The molecule has 0 N–H and O–H groups in total. The highest BCUT2D eigenvalue weighted by molar-refractivity contribution is 4.71. The van der Waals surface area contributed by atoms with Crippen LogP contribution in [0.25, 0.3) is 0 Å². The number of methoxy groups -OCH3 is 1. The molecule has 0 unspecified atom stereocenters. The fraction of sp³-hybridized carbons (Fsp3) is 0.900. The van der Waals surface area contributed by atoms with Crippen LogP contribution >= 0.6 is 0 Å². The van der Waals surface area contributed by atoms with E-state index in [-0.39, 0.29) is 0 Å². The molecular formula is C10H20N2O. The van der Waals surface area contributed by atoms with Crippen LogP contribution in [-0.2, 0) is 4.74 Å². The molecule has 0 rings (SSSR count). The number of rotatable bonds is 7. The van der Waals surface area contributed by atoms with Gasteiger partial charge >= 0.3 is 0 Å². The zero-order valence-electron chi connectivity index (χ0n) is 8.92. The van der Waals surface area contributed by atoms with Crippen LogP contribution in [0.15, 0.2) is 0 Å². The van der Waals surface area contributed by atoms with Crippen LogP contribution in [0.1, 0.15) is 26.7 Å². The first-order chi connectivity index (χ1) is 6.22. The maximum absolute atomic E-state index is 8.40. The predicted octanol–water partition coefficient (Wildman–Crippen LogP) is 1.65. The number of hydrogen-bond acceptors (Lipinski definition) is 3. The molecule has 0 aliphatic carbocycles. The van der Waals surface area contributed by atoms with Gasteiger partial charge in [0.25, 0.3) is 0 Å². The minimum absolute atomic E-state index is 0.536. The molecule has 0 aromatic rings. The molecule has 0 saturated carbocycles. The summed E-state index contributed by atoms with van der Waals surface area (Å²) in [6, 6.07) is 2.70. The van der Waals surface area contributed by atoms with E-state index in [2.05, 4.69) is 24.8 Å². The van der Waals surface area contributed by atoms with Crippen molar-refractivity contribution in [1.29, 1.82) is 5.26 Å². The Morgan fingerprint density at radius 3 is 2.54 bits per heavy atom. The van der Waals surface area contributed by atoms with Crippen LogP contribution in [0.2, 0.25) is 0 Å². The minimum atomic E-state index is 0.536. The first-order valence-corrected chi connectivity index (χ1v) is 4.82. The first kappa shape index (κ1) is 12.4. The molecule has 0 saturated heterocycles. The van der Waals surface area contributed by atoms with Crippen LogP contribution in [0.4, 0.5) is 0 Å². The Labute approximate surface area is 81.3 Å². The Morgan fingerprint density at radius 2 is 2.08 bits per heavy atom. The zero-order chi connectivity index (χ0) is 10.1. The lowest BCUT2D eigenvalue weighted by Gasteiger charge is -2.25. The average molecular weight is 184 g/mol. The lowest BCUT2D eigenvalue weighted by molar-refractivity contribution is 0.129. The smallest absolute Gasteiger partial charge is 0.0622 e. The largest absolute Gasteiger partial charge is 0.383 e. The number of ether oxygens (including phenoxy) is 1. The van der Waals surface area contributed by atoms with E-state index in [1.165, 1.54) is 0 Å². The predicted molar refractivity (Wildman–Crippen MR) is 53.4 cm³/mol. The molecule has 0 bridgehead atoms. The van der Waals surface area contributed by atoms with E-state index in [9.17, 15) is 0 Å². The molecule has 0 atom stereocenters. The lowest BCUT2D eigenvalue weighted by atomic mass is 10.2. The van der Waals surface area contributed by atoms with Gasteiger partial charge in [-0.2, -0.15) is 5.26 Å². The van der Waals surface area contributed by atoms with Gasteiger partial charge in [-0.25, -0.2) is 0 Å². The minimum Gasteiger partial charge on any atom is -0.383 e. The molecule has 0 fully saturated rings. The summed E-state index contributed by atoms with van der Waals surface area (Å²) in [5, 5.41) is 8.40. The summed E-state index contributed by atoms with van der Waals surface area (Å²) in [7, 11) is 1.72. The molecule has 0 aliphatic rings. The molecule has 0 heterocycles. The Hall–Kier alpha value is -0.590. The van der Waals surface area contributed by atoms with Gasteiger partial charge in [0.15, 0.2) is 0 Å². The van der Waals surface area contributed by atoms with Crippen molar-refractivity contribution in [3.63, 3.8) is 0 Å². The van der Waals surface area contributed by atoms with E-state index in [0.717, 1.165) is 26.1 Å². The Morgan fingerprint density at radius 1 is 1.38 bits per heavy atom. The van der Waals surface area contributed by atoms with Crippen molar-refractivity contribution in [2.24, 2.45) is 0 Å². The monoisotopic (exact) mass is 184 g/mol. The summed E-state index contributed by atoms with van der Waals surface area (Å²) in [5.74, 6) is 0. The Kier molecular flexibility index (Phi) is 7.66. The zero-order valence-corrected chi connectivity index (χ0v) is 8.92. The van der Waals surface area contributed by atoms with Gasteiger partial charge in [-0.3, -0.25) is 4.90 Å². The number of hydrogen-bond donors (Lipinski definition) is 0. The molecule has 3 nitrogen and oxygen atoms in total. The molecular weight excluding hydrogens is 164 g/mol. The second kappa shape index (κ2) is 8.03. The van der Waals surface area contributed by atoms with Crippen LogP contribution in [-0.4, -0.2) is 37.7 Å². The standard InChI is InChI=1S/C10H20N2O/c1-10(2)12(8-9-13-3)7-5-4-6-11/h10H,4-5,7-9H2,1-3H3. The van der Waals surface area contributed by atoms with E-state index in [4.69, 9.17) is 10.00 Å². The molecule has 0 spiro atoms. The van der Waals surface area contributed by atoms with Crippen molar-refractivity contribution in [3.8, 4) is 6.07 Å². The molecule has 0 radical (unpaired) electrons. The number of nitriles is 1. The highest BCUT2D eigenvalue weighted by Gasteiger charge is 2.07. The number of nitrogens with zero attached hydrogens (tertiary/aromatic N) is 2. The highest BCUT2D eigenvalue weighted by Crippen LogP contribution is 2.00. The van der Waals surface area contributed by atoms with Gasteiger partial charge in [0.2, 0.25) is 0 Å². The maximum atomic E-state index is 8.40. The first-order valence-electron chi connectivity index (χ1n) is 4.82. The van der Waals surface area contributed by atoms with Gasteiger partial charge in [0.1, 0.15) is 0 Å². The van der Waals surface area contributed by atoms with E-state index < -0.39 is 0 Å². The molecule has 13 heavy (non-hydrogen) atoms. The lowest BCUT2D eigenvalue weighted by Crippen LogP contribution is -2.34. The normalized spacial score (nSPS) is 10.8. The van der Waals surface area contributed by atoms with Crippen LogP contribution < -0.4 is 0 Å². The van der Waals surface area contributed by atoms with E-state index in [1.54, 1.807) is 7.11 Å². The van der Waals surface area contributed by atoms with Crippen LogP contribution in [0.3, 0.4) is 0 Å². The highest BCUT2D eigenvalue weighted by atomic mass is 16.5. The van der Waals surface area contributed by atoms with Gasteiger partial charge < -0.3 is 4.74 Å². The van der Waals surface area contributed by atoms with E-state index in [0.29, 0.717) is 12.5 Å². The third kappa shape index (κ3) is 6.56. The SMILES string of the molecule is COCCN(CCCC#N)C(C)C. The van der Waals surface area contributed by atoms with Gasteiger partial charge in [-0.15, -0.1) is 0 Å². The topological polar surface area (TPSA) is 36.3 Å². The summed E-state index contributed by atoms with van der Waals surface area (Å²) >= 11 is 0. The van der Waals surface area contributed by atoms with Crippen LogP contribution in [0, 0.1) is 11.3 Å². The fourth-order valence-corrected chi connectivity index (χ4v) is 1.20. The number of unbranched alkanes of at least 4 members (excludes halogenated alkanes) is 1. The Balaban J connectivity index is 3.62. The summed E-state index contributed by atoms with van der Waals surface area (Å²) < 4.78 is 5.02. The van der Waals surface area contributed by atoms with Gasteiger partial charge in [0.05, 0.1) is 12.7 Å². The molecule has 3 heteroatoms. The molecule has 0 aliphatic heterocycles. The summed E-state index contributed by atoms with van der Waals surface area (Å²) in [4.78, 5) is 2.33. The third-order valence-corrected chi connectivity index (χ3v) is 2.05. The second-order valence-electron chi connectivity index (χ2n) is 3.38. The molecule has 0 aromatic heterocycles. The second-order valence-corrected chi connectivity index (χ2v) is 3.38. The fourth-order valence-electron chi connectivity index (χ4n) is 1.20. The van der Waals surface area contributed by atoms with E-state index >= 15 is 0 Å². The van der Waals surface area contributed by atoms with Gasteiger partial charge in [0, 0.05) is 26.1 Å². The van der Waals surface area contributed by atoms with Crippen LogP contribution in [0.5, 0.6) is 0 Å². The van der Waals surface area contributed by atoms with Crippen molar-refractivity contribution in [1.82, 2.24) is 4.90 Å². The maximum Gasteiger partial charge on any atom is 0.0622 e. The summed E-state index contributed by atoms with van der Waals surface area (Å²) in [6.07, 6.45) is 1.61. The average Bonchev–Trinajstić information content (AvgIpc) is 2.10. The van der Waals surface area contributed by atoms with Crippen molar-refractivity contribution in [3.05, 3.63) is 0 Å². The van der Waals surface area contributed by atoms with E-state index in [1.807, 2.05) is 0 Å². The third-order valence-electron chi connectivity index (χ3n) is 2.05. The van der Waals surface area contributed by atoms with Crippen molar-refractivity contribution in [2.45, 2.75) is 32.7 Å². The molecule has 0 amide bonds.